The largest absolute Gasteiger partial charge is 0.465 e. The zero-order valence-corrected chi connectivity index (χ0v) is 20.4. The van der Waals surface area contributed by atoms with Crippen LogP contribution in [0.5, 0.6) is 0 Å². The van der Waals surface area contributed by atoms with E-state index in [4.69, 9.17) is 9.47 Å². The van der Waals surface area contributed by atoms with Gasteiger partial charge in [-0.15, -0.1) is 0 Å². The second kappa shape index (κ2) is 9.17. The third kappa shape index (κ3) is 4.30. The Bertz CT molecular complexity index is 1380. The smallest absolute Gasteiger partial charge is 0.337 e. The highest BCUT2D eigenvalue weighted by molar-refractivity contribution is 5.91. The molecule has 2 atom stereocenters. The summed E-state index contributed by atoms with van der Waals surface area (Å²) in [7, 11) is 1.34. The Morgan fingerprint density at radius 3 is 2.67 bits per heavy atom. The number of rotatable bonds is 5. The van der Waals surface area contributed by atoms with Crippen LogP contribution >= 0.6 is 0 Å². The number of nitrogens with zero attached hydrogens (tertiary/aromatic N) is 1. The fourth-order valence-corrected chi connectivity index (χ4v) is 5.39. The first-order valence-corrected chi connectivity index (χ1v) is 11.9. The quantitative estimate of drug-likeness (QED) is 0.529. The van der Waals surface area contributed by atoms with Crippen LogP contribution in [0, 0.1) is 17.0 Å². The van der Waals surface area contributed by atoms with Gasteiger partial charge in [-0.3, -0.25) is 4.79 Å². The summed E-state index contributed by atoms with van der Waals surface area (Å²) in [6.45, 7) is 5.33. The number of aromatic nitrogens is 1. The van der Waals surface area contributed by atoms with Crippen molar-refractivity contribution in [3.8, 4) is 11.3 Å². The van der Waals surface area contributed by atoms with Gasteiger partial charge < -0.3 is 19.4 Å². The number of carbonyl (C=O) groups is 1. The number of hydrogen-bond donors (Lipinski definition) is 1. The molecule has 1 aromatic heterocycles. The fourth-order valence-electron chi connectivity index (χ4n) is 5.39. The molecule has 0 amide bonds. The maximum absolute atomic E-state index is 15.3. The number of pyridine rings is 1. The van der Waals surface area contributed by atoms with E-state index in [-0.39, 0.29) is 46.3 Å². The van der Waals surface area contributed by atoms with Crippen molar-refractivity contribution in [2.45, 2.75) is 38.8 Å². The molecule has 1 saturated heterocycles. The van der Waals surface area contributed by atoms with Crippen LogP contribution in [-0.2, 0) is 22.3 Å². The van der Waals surface area contributed by atoms with Gasteiger partial charge in [-0.05, 0) is 54.3 Å². The summed E-state index contributed by atoms with van der Waals surface area (Å²) in [5.41, 5.74) is 2.30. The molecule has 3 heterocycles. The molecule has 0 radical (unpaired) electrons. The van der Waals surface area contributed by atoms with Crippen LogP contribution in [0.3, 0.4) is 0 Å². The molecule has 1 unspecified atom stereocenters. The minimum Gasteiger partial charge on any atom is -0.465 e. The molecule has 1 N–H and O–H groups in total. The maximum Gasteiger partial charge on any atom is 0.337 e. The number of aromatic amines is 1. The van der Waals surface area contributed by atoms with E-state index in [0.717, 1.165) is 17.3 Å². The van der Waals surface area contributed by atoms with E-state index in [1.54, 1.807) is 6.07 Å². The van der Waals surface area contributed by atoms with Crippen LogP contribution in [0.4, 0.5) is 14.5 Å². The van der Waals surface area contributed by atoms with E-state index < -0.39 is 17.6 Å². The Hall–Kier alpha value is -3.52. The molecule has 0 aliphatic carbocycles. The fraction of sp³-hybridized carbons (Fsp3) is 0.357. The Balaban J connectivity index is 1.51. The van der Waals surface area contributed by atoms with E-state index in [1.165, 1.54) is 31.4 Å². The Morgan fingerprint density at radius 2 is 1.97 bits per heavy atom. The molecule has 5 rings (SSSR count). The Kier molecular flexibility index (Phi) is 6.16. The van der Waals surface area contributed by atoms with Gasteiger partial charge in [-0.1, -0.05) is 26.0 Å². The van der Waals surface area contributed by atoms with Gasteiger partial charge in [0.15, 0.2) is 0 Å². The van der Waals surface area contributed by atoms with Gasteiger partial charge >= 0.3 is 5.97 Å². The summed E-state index contributed by atoms with van der Waals surface area (Å²) in [6.07, 6.45) is 0.890. The maximum atomic E-state index is 15.3. The summed E-state index contributed by atoms with van der Waals surface area (Å²) in [5.74, 6) is -1.57. The minimum absolute atomic E-state index is 0.00165. The lowest BCUT2D eigenvalue weighted by Gasteiger charge is -2.39. The monoisotopic (exact) mass is 494 g/mol. The number of ether oxygens (including phenoxy) is 2. The van der Waals surface area contributed by atoms with Crippen molar-refractivity contribution in [1.29, 1.82) is 0 Å². The number of H-pyrrole nitrogens is 1. The first kappa shape index (κ1) is 24.2. The number of halogens is 2. The van der Waals surface area contributed by atoms with Gasteiger partial charge in [0.25, 0.3) is 0 Å². The number of carbonyl (C=O) groups excluding carboxylic acids is 1. The van der Waals surface area contributed by atoms with Crippen molar-refractivity contribution in [2.24, 2.45) is 5.41 Å². The predicted molar refractivity (Wildman–Crippen MR) is 132 cm³/mol. The number of esters is 1. The summed E-state index contributed by atoms with van der Waals surface area (Å²) < 4.78 is 41.1. The molecule has 1 fully saturated rings. The SMILES string of the molecule is COC(=O)c1ccc2c(c1)N([C@@H]1COCC1(C)C)C(Cc1cc(F)c(-c3cccc(=O)[nH]3)cc1F)C2. The number of benzene rings is 2. The Morgan fingerprint density at radius 1 is 1.17 bits per heavy atom. The van der Waals surface area contributed by atoms with E-state index in [2.05, 4.69) is 23.7 Å². The molecular weight excluding hydrogens is 466 g/mol. The van der Waals surface area contributed by atoms with Crippen molar-refractivity contribution in [3.05, 3.63) is 87.2 Å². The van der Waals surface area contributed by atoms with E-state index in [0.29, 0.717) is 25.2 Å². The third-order valence-electron chi connectivity index (χ3n) is 7.27. The van der Waals surface area contributed by atoms with Gasteiger partial charge in [0.1, 0.15) is 11.6 Å². The summed E-state index contributed by atoms with van der Waals surface area (Å²) >= 11 is 0. The molecule has 8 heteroatoms. The average molecular weight is 495 g/mol. The molecule has 188 valence electrons. The lowest BCUT2D eigenvalue weighted by molar-refractivity contribution is 0.0600. The standard InChI is InChI=1S/C28H28F2N2O4/c1-28(2)15-36-14-25(28)32-19(9-16-7-8-17(12-24(16)32)27(34)35-3)10-18-11-22(30)20(13-21(18)29)23-5-4-6-26(33)31-23/h4-8,11-13,19,25H,9-10,14-15H2,1-3H3,(H,31,33)/t19?,25-/m1/s1. The van der Waals surface area contributed by atoms with Gasteiger partial charge in [-0.25, -0.2) is 13.6 Å². The van der Waals surface area contributed by atoms with Gasteiger partial charge in [0, 0.05) is 28.8 Å². The van der Waals surface area contributed by atoms with Gasteiger partial charge in [0.2, 0.25) is 5.56 Å². The number of methoxy groups -OCH3 is 1. The predicted octanol–water partition coefficient (Wildman–Crippen LogP) is 4.51. The van der Waals surface area contributed by atoms with E-state index in [9.17, 15) is 9.59 Å². The zero-order valence-electron chi connectivity index (χ0n) is 20.4. The summed E-state index contributed by atoms with van der Waals surface area (Å²) in [4.78, 5) is 28.6. The number of fused-ring (bicyclic) bond motifs is 1. The second-order valence-electron chi connectivity index (χ2n) is 10.2. The van der Waals surface area contributed by atoms with Crippen molar-refractivity contribution in [3.63, 3.8) is 0 Å². The van der Waals surface area contributed by atoms with E-state index in [1.807, 2.05) is 12.1 Å². The first-order valence-electron chi connectivity index (χ1n) is 11.9. The van der Waals surface area contributed by atoms with Crippen LogP contribution in [0.15, 0.2) is 53.3 Å². The van der Waals surface area contributed by atoms with Crippen molar-refractivity contribution >= 4 is 11.7 Å². The number of hydrogen-bond acceptors (Lipinski definition) is 5. The van der Waals surface area contributed by atoms with Crippen molar-refractivity contribution in [2.75, 3.05) is 25.2 Å². The van der Waals surface area contributed by atoms with Gasteiger partial charge in [-0.2, -0.15) is 0 Å². The van der Waals surface area contributed by atoms with Crippen LogP contribution in [0.25, 0.3) is 11.3 Å². The van der Waals surface area contributed by atoms with Crippen LogP contribution in [0.2, 0.25) is 0 Å². The highest BCUT2D eigenvalue weighted by atomic mass is 19.1. The first-order chi connectivity index (χ1) is 17.2. The van der Waals surface area contributed by atoms with Crippen LogP contribution in [0.1, 0.15) is 35.3 Å². The molecule has 36 heavy (non-hydrogen) atoms. The molecule has 3 aromatic rings. The molecule has 2 aromatic carbocycles. The van der Waals surface area contributed by atoms with Gasteiger partial charge in [0.05, 0.1) is 37.6 Å². The van der Waals surface area contributed by atoms with Crippen molar-refractivity contribution < 1.29 is 23.0 Å². The molecule has 0 saturated carbocycles. The highest BCUT2D eigenvalue weighted by Gasteiger charge is 2.45. The minimum atomic E-state index is -0.604. The molecular formula is C28H28F2N2O4. The Labute approximate surface area is 207 Å². The third-order valence-corrected chi connectivity index (χ3v) is 7.27. The molecule has 0 spiro atoms. The summed E-state index contributed by atoms with van der Waals surface area (Å²) in [5, 5.41) is 0. The zero-order chi connectivity index (χ0) is 25.6. The molecule has 2 aliphatic rings. The lowest BCUT2D eigenvalue weighted by Crippen LogP contribution is -2.49. The molecule has 0 bridgehead atoms. The van der Waals surface area contributed by atoms with E-state index >= 15 is 8.78 Å². The second-order valence-corrected chi connectivity index (χ2v) is 10.2. The average Bonchev–Trinajstić information content (AvgIpc) is 3.37. The lowest BCUT2D eigenvalue weighted by atomic mass is 9.85. The van der Waals surface area contributed by atoms with Crippen LogP contribution in [-0.4, -0.2) is 43.4 Å². The van der Waals surface area contributed by atoms with Crippen molar-refractivity contribution in [1.82, 2.24) is 4.98 Å². The normalized spacial score (nSPS) is 20.4. The summed E-state index contributed by atoms with van der Waals surface area (Å²) in [6, 6.07) is 12.0. The molecule has 2 aliphatic heterocycles. The van der Waals surface area contributed by atoms with Crippen LogP contribution < -0.4 is 10.5 Å². The topological polar surface area (TPSA) is 71.6 Å². The number of anilines is 1. The molecule has 6 nitrogen and oxygen atoms in total. The number of nitrogens with one attached hydrogen (secondary N) is 1. The highest BCUT2D eigenvalue weighted by Crippen LogP contribution is 2.43.